The molecule has 2 N–H and O–H groups in total. The maximum absolute atomic E-state index is 14.4. The molecule has 150 valence electrons. The Morgan fingerprint density at radius 3 is 2.76 bits per heavy atom. The van der Waals surface area contributed by atoms with Gasteiger partial charge in [0.15, 0.2) is 0 Å². The summed E-state index contributed by atoms with van der Waals surface area (Å²) in [4.78, 5) is 19.6. The molecule has 1 saturated heterocycles. The monoisotopic (exact) mass is 414 g/mol. The molecule has 0 spiro atoms. The molecule has 3 aromatic rings. The Balaban J connectivity index is 1.96. The van der Waals surface area contributed by atoms with E-state index in [4.69, 9.17) is 11.6 Å². The number of anilines is 2. The number of carbonyl (C=O) groups excluding carboxylic acids is 1. The van der Waals surface area contributed by atoms with Gasteiger partial charge in [-0.15, -0.1) is 0 Å². The first-order valence-corrected chi connectivity index (χ1v) is 9.63. The van der Waals surface area contributed by atoms with Crippen LogP contribution in [0.15, 0.2) is 36.5 Å². The van der Waals surface area contributed by atoms with Crippen molar-refractivity contribution in [3.8, 4) is 16.9 Å². The van der Waals surface area contributed by atoms with Gasteiger partial charge in [-0.05, 0) is 24.3 Å². The number of amides is 1. The Morgan fingerprint density at radius 1 is 1.31 bits per heavy atom. The van der Waals surface area contributed by atoms with Crippen LogP contribution >= 0.6 is 11.6 Å². The Kier molecular flexibility index (Phi) is 5.25. The molecular formula is C21H20ClFN4O2. The predicted molar refractivity (Wildman–Crippen MR) is 113 cm³/mol. The molecule has 1 fully saturated rings. The summed E-state index contributed by atoms with van der Waals surface area (Å²) in [6.07, 6.45) is 2.37. The molecule has 0 atom stereocenters. The first-order chi connectivity index (χ1) is 14.0. The van der Waals surface area contributed by atoms with Crippen LogP contribution in [0, 0.1) is 5.82 Å². The molecule has 0 saturated carbocycles. The lowest BCUT2D eigenvalue weighted by atomic mass is 10.0. The molecule has 4 rings (SSSR count). The summed E-state index contributed by atoms with van der Waals surface area (Å²) < 4.78 is 14.4. The maximum atomic E-state index is 14.4. The first kappa shape index (κ1) is 19.4. The van der Waals surface area contributed by atoms with Crippen LogP contribution in [0.3, 0.4) is 0 Å². The normalized spacial score (nSPS) is 14.2. The number of nitrogens with zero attached hydrogens (tertiary/aromatic N) is 3. The number of hydrogen-bond acceptors (Lipinski definition) is 5. The number of aromatic nitrogens is 1. The van der Waals surface area contributed by atoms with Gasteiger partial charge in [-0.2, -0.15) is 0 Å². The highest BCUT2D eigenvalue weighted by molar-refractivity contribution is 6.34. The van der Waals surface area contributed by atoms with Crippen LogP contribution in [0.5, 0.6) is 5.75 Å². The minimum Gasteiger partial charge on any atom is -0.507 e. The van der Waals surface area contributed by atoms with E-state index < -0.39 is 5.82 Å². The van der Waals surface area contributed by atoms with Gasteiger partial charge >= 0.3 is 0 Å². The van der Waals surface area contributed by atoms with Crippen LogP contribution in [0.1, 0.15) is 0 Å². The Morgan fingerprint density at radius 2 is 2.07 bits per heavy atom. The minimum absolute atomic E-state index is 0.0407. The average molecular weight is 415 g/mol. The number of pyridine rings is 1. The summed E-state index contributed by atoms with van der Waals surface area (Å²) >= 11 is 6.54. The van der Waals surface area contributed by atoms with Crippen molar-refractivity contribution in [2.24, 2.45) is 0 Å². The molecule has 8 heteroatoms. The highest BCUT2D eigenvalue weighted by Gasteiger charge is 2.22. The van der Waals surface area contributed by atoms with Gasteiger partial charge in [-0.1, -0.05) is 17.7 Å². The van der Waals surface area contributed by atoms with Crippen LogP contribution in [-0.2, 0) is 4.79 Å². The number of nitrogens with one attached hydrogen (secondary N) is 1. The maximum Gasteiger partial charge on any atom is 0.213 e. The highest BCUT2D eigenvalue weighted by Crippen LogP contribution is 2.42. The van der Waals surface area contributed by atoms with Crippen LogP contribution in [-0.4, -0.2) is 49.7 Å². The number of phenols is 1. The molecule has 0 radical (unpaired) electrons. The number of phenolic OH excluding ortho intramolecular Hbond substituents is 1. The molecule has 1 amide bonds. The lowest BCUT2D eigenvalue weighted by Gasteiger charge is -2.33. The standard InChI is InChI=1S/C21H20ClFN4O2/c1-26(12-28)18-11-25-17-10-13(20-16(23)3-2-4-19(20)29)15(22)9-14(17)21(18)27-7-5-24-6-8-27/h2-4,9-12,24,29H,5-8H2,1H3. The van der Waals surface area contributed by atoms with Crippen LogP contribution in [0.25, 0.3) is 22.0 Å². The van der Waals surface area contributed by atoms with Gasteiger partial charge in [-0.3, -0.25) is 9.78 Å². The molecule has 0 bridgehead atoms. The lowest BCUT2D eigenvalue weighted by molar-refractivity contribution is -0.107. The van der Waals surface area contributed by atoms with Crippen molar-refractivity contribution in [2.75, 3.05) is 43.0 Å². The van der Waals surface area contributed by atoms with Gasteiger partial charge < -0.3 is 20.2 Å². The van der Waals surface area contributed by atoms with Crippen molar-refractivity contribution in [3.63, 3.8) is 0 Å². The zero-order valence-corrected chi connectivity index (χ0v) is 16.6. The zero-order chi connectivity index (χ0) is 20.5. The highest BCUT2D eigenvalue weighted by atomic mass is 35.5. The molecule has 29 heavy (non-hydrogen) atoms. The summed E-state index contributed by atoms with van der Waals surface area (Å²) in [6, 6.07) is 7.53. The molecular weight excluding hydrogens is 395 g/mol. The van der Waals surface area contributed by atoms with Gasteiger partial charge in [0.1, 0.15) is 11.6 Å². The van der Waals surface area contributed by atoms with Crippen molar-refractivity contribution < 1.29 is 14.3 Å². The summed E-state index contributed by atoms with van der Waals surface area (Å²) in [5.74, 6) is -0.753. The number of piperazine rings is 1. The smallest absolute Gasteiger partial charge is 0.213 e. The number of hydrogen-bond donors (Lipinski definition) is 2. The molecule has 0 aliphatic carbocycles. The zero-order valence-electron chi connectivity index (χ0n) is 15.8. The Bertz CT molecular complexity index is 1070. The summed E-state index contributed by atoms with van der Waals surface area (Å²) in [7, 11) is 1.68. The predicted octanol–water partition coefficient (Wildman–Crippen LogP) is 3.40. The van der Waals surface area contributed by atoms with Crippen LogP contribution in [0.2, 0.25) is 5.02 Å². The number of benzene rings is 2. The van der Waals surface area contributed by atoms with Crippen molar-refractivity contribution in [3.05, 3.63) is 47.4 Å². The molecule has 6 nitrogen and oxygen atoms in total. The third kappa shape index (κ3) is 3.47. The van der Waals surface area contributed by atoms with Crippen molar-refractivity contribution in [2.45, 2.75) is 0 Å². The summed E-state index contributed by atoms with van der Waals surface area (Å²) in [6.45, 7) is 3.19. The van der Waals surface area contributed by atoms with E-state index in [9.17, 15) is 14.3 Å². The van der Waals surface area contributed by atoms with Crippen LogP contribution < -0.4 is 15.1 Å². The molecule has 1 aliphatic rings. The summed E-state index contributed by atoms with van der Waals surface area (Å²) in [5.41, 5.74) is 2.54. The van der Waals surface area contributed by atoms with E-state index in [0.717, 1.165) is 43.7 Å². The van der Waals surface area contributed by atoms with Gasteiger partial charge in [0.05, 0.1) is 28.7 Å². The number of halogens is 2. The van der Waals surface area contributed by atoms with E-state index in [0.29, 0.717) is 21.8 Å². The van der Waals surface area contributed by atoms with E-state index in [1.807, 2.05) is 0 Å². The van der Waals surface area contributed by atoms with E-state index >= 15 is 0 Å². The number of rotatable bonds is 4. The average Bonchev–Trinajstić information content (AvgIpc) is 2.73. The minimum atomic E-state index is -0.564. The Hall–Kier alpha value is -2.90. The van der Waals surface area contributed by atoms with Crippen molar-refractivity contribution in [1.82, 2.24) is 10.3 Å². The topological polar surface area (TPSA) is 68.7 Å². The van der Waals surface area contributed by atoms with Crippen molar-refractivity contribution in [1.29, 1.82) is 0 Å². The van der Waals surface area contributed by atoms with Gasteiger partial charge in [0.25, 0.3) is 0 Å². The largest absolute Gasteiger partial charge is 0.507 e. The van der Waals surface area contributed by atoms with Gasteiger partial charge in [0, 0.05) is 49.2 Å². The molecule has 2 heterocycles. The third-order valence-corrected chi connectivity index (χ3v) is 5.45. The van der Waals surface area contributed by atoms with Gasteiger partial charge in [0.2, 0.25) is 6.41 Å². The van der Waals surface area contributed by atoms with Crippen molar-refractivity contribution >= 4 is 40.3 Å². The van der Waals surface area contributed by atoms with E-state index in [1.165, 1.54) is 23.1 Å². The molecule has 1 aliphatic heterocycles. The number of carbonyl (C=O) groups is 1. The van der Waals surface area contributed by atoms with E-state index in [-0.39, 0.29) is 11.3 Å². The molecule has 0 unspecified atom stereocenters. The fourth-order valence-electron chi connectivity index (χ4n) is 3.69. The summed E-state index contributed by atoms with van der Waals surface area (Å²) in [5, 5.41) is 14.5. The quantitative estimate of drug-likeness (QED) is 0.640. The third-order valence-electron chi connectivity index (χ3n) is 5.14. The second-order valence-electron chi connectivity index (χ2n) is 6.93. The molecule has 1 aromatic heterocycles. The number of aromatic hydroxyl groups is 1. The second-order valence-corrected chi connectivity index (χ2v) is 7.34. The number of fused-ring (bicyclic) bond motifs is 1. The van der Waals surface area contributed by atoms with E-state index in [2.05, 4.69) is 15.2 Å². The fraction of sp³-hybridized carbons (Fsp3) is 0.238. The lowest BCUT2D eigenvalue weighted by Crippen LogP contribution is -2.44. The second kappa shape index (κ2) is 7.85. The first-order valence-electron chi connectivity index (χ1n) is 9.25. The molecule has 2 aromatic carbocycles. The fourth-order valence-corrected chi connectivity index (χ4v) is 3.95. The van der Waals surface area contributed by atoms with E-state index in [1.54, 1.807) is 25.4 Å². The SMILES string of the molecule is CN(C=O)c1cnc2cc(-c3c(O)cccc3F)c(Cl)cc2c1N1CCNCC1. The Labute approximate surface area is 172 Å². The van der Waals surface area contributed by atoms with Crippen LogP contribution in [0.4, 0.5) is 15.8 Å². The van der Waals surface area contributed by atoms with Gasteiger partial charge in [-0.25, -0.2) is 4.39 Å².